The Hall–Kier alpha value is -3.10. The van der Waals surface area contributed by atoms with E-state index in [1.54, 1.807) is 17.0 Å². The molecule has 0 spiro atoms. The van der Waals surface area contributed by atoms with Crippen molar-refractivity contribution in [1.29, 1.82) is 0 Å². The highest BCUT2D eigenvalue weighted by Crippen LogP contribution is 2.24. The molecule has 2 heterocycles. The highest BCUT2D eigenvalue weighted by atomic mass is 16.5. The number of piperazine rings is 1. The van der Waals surface area contributed by atoms with Gasteiger partial charge in [-0.3, -0.25) is 14.5 Å². The molecule has 2 saturated heterocycles. The molecule has 0 N–H and O–H groups in total. The summed E-state index contributed by atoms with van der Waals surface area (Å²) in [5.41, 5.74) is 1.18. The molecule has 0 unspecified atom stereocenters. The predicted octanol–water partition coefficient (Wildman–Crippen LogP) is 2.17. The Morgan fingerprint density at radius 2 is 1.27 bits per heavy atom. The number of morpholine rings is 1. The van der Waals surface area contributed by atoms with Crippen molar-refractivity contribution < 1.29 is 23.8 Å². The van der Waals surface area contributed by atoms with Gasteiger partial charge in [-0.05, 0) is 43.3 Å². The minimum atomic E-state index is -0.0738. The van der Waals surface area contributed by atoms with Crippen molar-refractivity contribution in [2.75, 3.05) is 65.6 Å². The van der Waals surface area contributed by atoms with E-state index in [0.717, 1.165) is 18.8 Å². The number of hydrogen-bond donors (Lipinski definition) is 0. The van der Waals surface area contributed by atoms with Crippen LogP contribution in [0.15, 0.2) is 48.5 Å². The molecule has 176 valence electrons. The summed E-state index contributed by atoms with van der Waals surface area (Å²) in [6.07, 6.45) is 0. The van der Waals surface area contributed by atoms with Crippen LogP contribution >= 0.6 is 0 Å². The van der Waals surface area contributed by atoms with Gasteiger partial charge in [0.1, 0.15) is 17.2 Å². The van der Waals surface area contributed by atoms with E-state index in [1.165, 1.54) is 5.56 Å². The molecule has 0 radical (unpaired) electrons. The number of nitrogens with zero attached hydrogens (tertiary/aromatic N) is 3. The molecule has 2 fully saturated rings. The van der Waals surface area contributed by atoms with Crippen molar-refractivity contribution in [2.45, 2.75) is 6.92 Å². The first kappa shape index (κ1) is 23.1. The van der Waals surface area contributed by atoms with Gasteiger partial charge in [0, 0.05) is 39.3 Å². The van der Waals surface area contributed by atoms with Crippen LogP contribution in [0.2, 0.25) is 0 Å². The average Bonchev–Trinajstić information content (AvgIpc) is 2.85. The van der Waals surface area contributed by atoms with E-state index in [4.69, 9.17) is 14.2 Å². The average molecular weight is 454 g/mol. The molecule has 0 bridgehead atoms. The van der Waals surface area contributed by atoms with E-state index < -0.39 is 0 Å². The van der Waals surface area contributed by atoms with Crippen LogP contribution in [0.25, 0.3) is 0 Å². The number of aryl methyl sites for hydroxylation is 1. The molecular formula is C25H31N3O5. The minimum absolute atomic E-state index is 0.0279. The molecule has 2 aromatic carbocycles. The third-order valence-electron chi connectivity index (χ3n) is 5.89. The maximum atomic E-state index is 12.6. The van der Waals surface area contributed by atoms with E-state index in [-0.39, 0.29) is 18.4 Å². The van der Waals surface area contributed by atoms with Crippen molar-refractivity contribution in [2.24, 2.45) is 0 Å². The van der Waals surface area contributed by atoms with Crippen LogP contribution < -0.4 is 9.47 Å². The Kier molecular flexibility index (Phi) is 7.80. The molecular weight excluding hydrogens is 422 g/mol. The molecule has 0 saturated carbocycles. The number of amides is 2. The van der Waals surface area contributed by atoms with Crippen LogP contribution in [0.1, 0.15) is 5.56 Å². The van der Waals surface area contributed by atoms with E-state index in [1.807, 2.05) is 48.2 Å². The Bertz CT molecular complexity index is 918. The highest BCUT2D eigenvalue weighted by molar-refractivity contribution is 5.80. The van der Waals surface area contributed by atoms with Gasteiger partial charge in [-0.2, -0.15) is 0 Å². The molecule has 2 amide bonds. The Labute approximate surface area is 194 Å². The lowest BCUT2D eigenvalue weighted by Crippen LogP contribution is -2.54. The summed E-state index contributed by atoms with van der Waals surface area (Å²) in [6, 6.07) is 15.1. The quantitative estimate of drug-likeness (QED) is 0.640. The molecule has 33 heavy (non-hydrogen) atoms. The Morgan fingerprint density at radius 1 is 0.758 bits per heavy atom. The van der Waals surface area contributed by atoms with Gasteiger partial charge in [-0.25, -0.2) is 0 Å². The monoisotopic (exact) mass is 453 g/mol. The molecule has 2 aromatic rings. The summed E-state index contributed by atoms with van der Waals surface area (Å²) in [6.45, 7) is 7.53. The lowest BCUT2D eigenvalue weighted by Gasteiger charge is -2.36. The molecule has 0 aromatic heterocycles. The van der Waals surface area contributed by atoms with Gasteiger partial charge in [-0.1, -0.05) is 17.7 Å². The number of rotatable bonds is 7. The predicted molar refractivity (Wildman–Crippen MR) is 124 cm³/mol. The third-order valence-corrected chi connectivity index (χ3v) is 5.89. The molecule has 8 nitrogen and oxygen atoms in total. The summed E-state index contributed by atoms with van der Waals surface area (Å²) >= 11 is 0. The van der Waals surface area contributed by atoms with Crippen LogP contribution in [-0.2, 0) is 14.3 Å². The fourth-order valence-corrected chi connectivity index (χ4v) is 3.84. The second kappa shape index (κ2) is 11.2. The fraction of sp³-hybridized carbons (Fsp3) is 0.440. The van der Waals surface area contributed by atoms with Gasteiger partial charge < -0.3 is 24.0 Å². The third kappa shape index (κ3) is 6.69. The maximum absolute atomic E-state index is 12.6. The van der Waals surface area contributed by atoms with E-state index in [9.17, 15) is 9.59 Å². The van der Waals surface area contributed by atoms with Crippen LogP contribution in [0, 0.1) is 6.92 Å². The molecule has 4 rings (SSSR count). The van der Waals surface area contributed by atoms with Gasteiger partial charge in [0.05, 0.1) is 19.8 Å². The Morgan fingerprint density at radius 3 is 1.88 bits per heavy atom. The number of benzene rings is 2. The second-order valence-corrected chi connectivity index (χ2v) is 8.33. The molecule has 0 atom stereocenters. The summed E-state index contributed by atoms with van der Waals surface area (Å²) in [5.74, 6) is 2.13. The minimum Gasteiger partial charge on any atom is -0.484 e. The largest absolute Gasteiger partial charge is 0.484 e. The van der Waals surface area contributed by atoms with Gasteiger partial charge in [0.15, 0.2) is 6.61 Å². The summed E-state index contributed by atoms with van der Waals surface area (Å²) in [7, 11) is 0. The topological polar surface area (TPSA) is 71.6 Å². The molecule has 8 heteroatoms. The highest BCUT2D eigenvalue weighted by Gasteiger charge is 2.25. The maximum Gasteiger partial charge on any atom is 0.260 e. The number of ether oxygens (including phenoxy) is 3. The smallest absolute Gasteiger partial charge is 0.260 e. The number of carbonyl (C=O) groups excluding carboxylic acids is 2. The van der Waals surface area contributed by atoms with Crippen LogP contribution in [0.3, 0.4) is 0 Å². The fourth-order valence-electron chi connectivity index (χ4n) is 3.84. The van der Waals surface area contributed by atoms with E-state index >= 15 is 0 Å². The van der Waals surface area contributed by atoms with Crippen LogP contribution in [0.5, 0.6) is 17.2 Å². The van der Waals surface area contributed by atoms with Crippen LogP contribution in [-0.4, -0.2) is 92.1 Å². The molecule has 0 aliphatic carbocycles. The molecule has 2 aliphatic heterocycles. The standard InChI is InChI=1S/C25H31N3O5/c1-20-2-4-22(5-3-20)33-23-8-6-21(7-9-23)32-19-25(30)28-12-10-27(11-13-28)24(29)18-26-14-16-31-17-15-26/h2-9H,10-19H2,1H3. The van der Waals surface area contributed by atoms with Crippen molar-refractivity contribution in [1.82, 2.24) is 14.7 Å². The van der Waals surface area contributed by atoms with E-state index in [2.05, 4.69) is 4.90 Å². The van der Waals surface area contributed by atoms with Gasteiger partial charge in [-0.15, -0.1) is 0 Å². The zero-order valence-corrected chi connectivity index (χ0v) is 19.1. The first-order valence-corrected chi connectivity index (χ1v) is 11.4. The first-order chi connectivity index (χ1) is 16.1. The lowest BCUT2D eigenvalue weighted by atomic mass is 10.2. The summed E-state index contributed by atoms with van der Waals surface area (Å²) in [5, 5.41) is 0. The SMILES string of the molecule is Cc1ccc(Oc2ccc(OCC(=O)N3CCN(C(=O)CN4CCOCC4)CC3)cc2)cc1. The zero-order chi connectivity index (χ0) is 23.0. The summed E-state index contributed by atoms with van der Waals surface area (Å²) in [4.78, 5) is 30.8. The summed E-state index contributed by atoms with van der Waals surface area (Å²) < 4.78 is 16.8. The van der Waals surface area contributed by atoms with Crippen molar-refractivity contribution in [3.05, 3.63) is 54.1 Å². The lowest BCUT2D eigenvalue weighted by molar-refractivity contribution is -0.141. The van der Waals surface area contributed by atoms with Gasteiger partial charge >= 0.3 is 0 Å². The van der Waals surface area contributed by atoms with Gasteiger partial charge in [0.2, 0.25) is 5.91 Å². The van der Waals surface area contributed by atoms with Gasteiger partial charge in [0.25, 0.3) is 5.91 Å². The van der Waals surface area contributed by atoms with Crippen molar-refractivity contribution in [3.63, 3.8) is 0 Å². The molecule has 2 aliphatic rings. The van der Waals surface area contributed by atoms with E-state index in [0.29, 0.717) is 57.4 Å². The Balaban J connectivity index is 1.18. The normalized spacial score (nSPS) is 17.0. The number of carbonyl (C=O) groups is 2. The first-order valence-electron chi connectivity index (χ1n) is 11.4. The number of hydrogen-bond acceptors (Lipinski definition) is 6. The second-order valence-electron chi connectivity index (χ2n) is 8.33. The van der Waals surface area contributed by atoms with Crippen molar-refractivity contribution in [3.8, 4) is 17.2 Å². The van der Waals surface area contributed by atoms with Crippen LogP contribution in [0.4, 0.5) is 0 Å². The zero-order valence-electron chi connectivity index (χ0n) is 19.1. The van der Waals surface area contributed by atoms with Crippen molar-refractivity contribution >= 4 is 11.8 Å².